The van der Waals surface area contributed by atoms with Gasteiger partial charge in [-0.2, -0.15) is 0 Å². The number of hydrogen-bond donors (Lipinski definition) is 0. The van der Waals surface area contributed by atoms with Gasteiger partial charge in [-0.25, -0.2) is 0 Å². The summed E-state index contributed by atoms with van der Waals surface area (Å²) < 4.78 is 0.853. The van der Waals surface area contributed by atoms with Gasteiger partial charge in [-0.05, 0) is 18.6 Å². The lowest BCUT2D eigenvalue weighted by atomic mass is 10.0. The highest BCUT2D eigenvalue weighted by atomic mass is 79.9. The van der Waals surface area contributed by atoms with Crippen molar-refractivity contribution in [1.29, 1.82) is 0 Å². The van der Waals surface area contributed by atoms with Gasteiger partial charge in [-0.15, -0.1) is 0 Å². The molecule has 0 aliphatic carbocycles. The van der Waals surface area contributed by atoms with Crippen LogP contribution in [0, 0.1) is 17.0 Å². The number of carbonyl (C=O) groups excluding carboxylic acids is 1. The number of benzene rings is 2. The zero-order chi connectivity index (χ0) is 14.7. The molecule has 0 radical (unpaired) electrons. The average Bonchev–Trinajstić information content (AvgIpc) is 2.42. The molecule has 2 rings (SSSR count). The minimum atomic E-state index is -0.465. The van der Waals surface area contributed by atoms with Gasteiger partial charge in [0, 0.05) is 28.1 Å². The van der Waals surface area contributed by atoms with Crippen molar-refractivity contribution in [2.75, 3.05) is 0 Å². The summed E-state index contributed by atoms with van der Waals surface area (Å²) in [5.74, 6) is -0.139. The van der Waals surface area contributed by atoms with Crippen LogP contribution in [0.3, 0.4) is 0 Å². The zero-order valence-electron chi connectivity index (χ0n) is 10.8. The highest BCUT2D eigenvalue weighted by Crippen LogP contribution is 2.22. The summed E-state index contributed by atoms with van der Waals surface area (Å²) >= 11 is 3.38. The predicted molar refractivity (Wildman–Crippen MR) is 80.0 cm³/mol. The average molecular weight is 334 g/mol. The van der Waals surface area contributed by atoms with E-state index in [1.807, 2.05) is 13.0 Å². The van der Waals surface area contributed by atoms with Crippen LogP contribution in [-0.2, 0) is 6.42 Å². The van der Waals surface area contributed by atoms with Crippen LogP contribution in [0.5, 0.6) is 0 Å². The number of ketones is 1. The number of Topliss-reactive ketones (excluding diaryl/α,β-unsaturated/α-hetero) is 1. The second-order valence-corrected chi connectivity index (χ2v) is 5.30. The fraction of sp³-hybridized carbons (Fsp3) is 0.133. The normalized spacial score (nSPS) is 10.3. The number of aryl methyl sites for hydroxylation is 1. The van der Waals surface area contributed by atoms with Crippen LogP contribution in [0.1, 0.15) is 21.5 Å². The first-order valence-electron chi connectivity index (χ1n) is 6.00. The molecule has 0 unspecified atom stereocenters. The van der Waals surface area contributed by atoms with Gasteiger partial charge in [0.1, 0.15) is 0 Å². The summed E-state index contributed by atoms with van der Waals surface area (Å²) in [5.41, 5.74) is 1.99. The van der Waals surface area contributed by atoms with Gasteiger partial charge in [0.2, 0.25) is 0 Å². The van der Waals surface area contributed by atoms with Crippen LogP contribution in [0.15, 0.2) is 46.9 Å². The van der Waals surface area contributed by atoms with E-state index in [9.17, 15) is 14.9 Å². The number of hydrogen-bond acceptors (Lipinski definition) is 3. The maximum absolute atomic E-state index is 12.2. The van der Waals surface area contributed by atoms with Crippen molar-refractivity contribution < 1.29 is 9.72 Å². The quantitative estimate of drug-likeness (QED) is 0.481. The van der Waals surface area contributed by atoms with E-state index >= 15 is 0 Å². The van der Waals surface area contributed by atoms with Crippen molar-refractivity contribution >= 4 is 27.4 Å². The Bertz CT molecular complexity index is 683. The molecule has 0 aliphatic rings. The monoisotopic (exact) mass is 333 g/mol. The first-order chi connectivity index (χ1) is 9.49. The lowest BCUT2D eigenvalue weighted by molar-refractivity contribution is -0.385. The highest BCUT2D eigenvalue weighted by molar-refractivity contribution is 9.10. The molecule has 2 aromatic carbocycles. The molecule has 0 fully saturated rings. The number of carbonyl (C=O) groups is 1. The molecular weight excluding hydrogens is 322 g/mol. The number of nitro groups is 1. The molecular formula is C15H12BrNO3. The molecule has 0 saturated carbocycles. The predicted octanol–water partition coefficient (Wildman–Crippen LogP) is 4.09. The molecule has 0 saturated heterocycles. The van der Waals surface area contributed by atoms with E-state index in [2.05, 4.69) is 15.9 Å². The minimum Gasteiger partial charge on any atom is -0.294 e. The molecule has 5 heteroatoms. The third-order valence-electron chi connectivity index (χ3n) is 3.03. The summed E-state index contributed by atoms with van der Waals surface area (Å²) in [5, 5.41) is 10.9. The maximum atomic E-state index is 12.2. The van der Waals surface area contributed by atoms with Gasteiger partial charge in [0.05, 0.1) is 4.92 Å². The number of para-hydroxylation sites is 1. The molecule has 0 aromatic heterocycles. The van der Waals surface area contributed by atoms with Crippen molar-refractivity contribution in [2.24, 2.45) is 0 Å². The molecule has 0 bridgehead atoms. The van der Waals surface area contributed by atoms with Crippen LogP contribution in [0.25, 0.3) is 0 Å². The third-order valence-corrected chi connectivity index (χ3v) is 3.89. The first kappa shape index (κ1) is 14.4. The smallest absolute Gasteiger partial charge is 0.273 e. The second kappa shape index (κ2) is 5.96. The molecule has 0 atom stereocenters. The SMILES string of the molecule is Cc1ccc(C(=O)Cc2ccccc2[N+](=O)[O-])cc1Br. The molecule has 0 heterocycles. The van der Waals surface area contributed by atoms with Gasteiger partial charge in [-0.1, -0.05) is 46.3 Å². The van der Waals surface area contributed by atoms with Crippen molar-refractivity contribution in [2.45, 2.75) is 13.3 Å². The standard InChI is InChI=1S/C15H12BrNO3/c1-10-6-7-12(8-13(10)16)15(18)9-11-4-2-3-5-14(11)17(19)20/h2-8H,9H2,1H3. The molecule has 2 aromatic rings. The number of rotatable bonds is 4. The van der Waals surface area contributed by atoms with Crippen LogP contribution in [0.2, 0.25) is 0 Å². The summed E-state index contributed by atoms with van der Waals surface area (Å²) in [4.78, 5) is 22.7. The number of nitrogens with zero attached hydrogens (tertiary/aromatic N) is 1. The third kappa shape index (κ3) is 3.11. The Hall–Kier alpha value is -2.01. The Balaban J connectivity index is 2.28. The van der Waals surface area contributed by atoms with Crippen LogP contribution < -0.4 is 0 Å². The van der Waals surface area contributed by atoms with E-state index in [4.69, 9.17) is 0 Å². The Morgan fingerprint density at radius 3 is 2.60 bits per heavy atom. The van der Waals surface area contributed by atoms with Gasteiger partial charge < -0.3 is 0 Å². The topological polar surface area (TPSA) is 60.2 Å². The molecule has 20 heavy (non-hydrogen) atoms. The largest absolute Gasteiger partial charge is 0.294 e. The van der Waals surface area contributed by atoms with E-state index in [1.165, 1.54) is 6.07 Å². The van der Waals surface area contributed by atoms with Gasteiger partial charge in [0.15, 0.2) is 5.78 Å². The molecule has 0 N–H and O–H groups in total. The number of nitro benzene ring substituents is 1. The molecule has 0 spiro atoms. The zero-order valence-corrected chi connectivity index (χ0v) is 12.4. The molecule has 102 valence electrons. The van der Waals surface area contributed by atoms with Crippen molar-refractivity contribution in [1.82, 2.24) is 0 Å². The van der Waals surface area contributed by atoms with Crippen molar-refractivity contribution in [3.05, 3.63) is 73.7 Å². The Labute approximate surface area is 124 Å². The van der Waals surface area contributed by atoms with Crippen molar-refractivity contribution in [3.63, 3.8) is 0 Å². The Morgan fingerprint density at radius 1 is 1.25 bits per heavy atom. The fourth-order valence-electron chi connectivity index (χ4n) is 1.88. The van der Waals surface area contributed by atoms with Crippen molar-refractivity contribution in [3.8, 4) is 0 Å². The molecule has 4 nitrogen and oxygen atoms in total. The summed E-state index contributed by atoms with van der Waals surface area (Å²) in [6, 6.07) is 11.6. The van der Waals surface area contributed by atoms with E-state index in [0.29, 0.717) is 11.1 Å². The Kier molecular flexibility index (Phi) is 4.29. The summed E-state index contributed by atoms with van der Waals surface area (Å²) in [6.07, 6.45) is 0.0205. The van der Waals surface area contributed by atoms with E-state index in [0.717, 1.165) is 10.0 Å². The maximum Gasteiger partial charge on any atom is 0.273 e. The first-order valence-corrected chi connectivity index (χ1v) is 6.80. The van der Waals surface area contributed by atoms with Crippen LogP contribution in [0.4, 0.5) is 5.69 Å². The second-order valence-electron chi connectivity index (χ2n) is 4.45. The summed E-state index contributed by atoms with van der Waals surface area (Å²) in [6.45, 7) is 1.93. The Morgan fingerprint density at radius 2 is 1.95 bits per heavy atom. The number of halogens is 1. The summed E-state index contributed by atoms with van der Waals surface area (Å²) in [7, 11) is 0. The van der Waals surface area contributed by atoms with Gasteiger partial charge in [-0.3, -0.25) is 14.9 Å². The van der Waals surface area contributed by atoms with Gasteiger partial charge >= 0.3 is 0 Å². The lowest BCUT2D eigenvalue weighted by Crippen LogP contribution is -2.06. The van der Waals surface area contributed by atoms with E-state index in [-0.39, 0.29) is 17.9 Å². The van der Waals surface area contributed by atoms with E-state index in [1.54, 1.807) is 30.3 Å². The molecule has 0 aliphatic heterocycles. The highest BCUT2D eigenvalue weighted by Gasteiger charge is 2.16. The van der Waals surface area contributed by atoms with Gasteiger partial charge in [0.25, 0.3) is 5.69 Å². The molecule has 0 amide bonds. The van der Waals surface area contributed by atoms with Crippen LogP contribution in [-0.4, -0.2) is 10.7 Å². The minimum absolute atomic E-state index is 0.0205. The fourth-order valence-corrected chi connectivity index (χ4v) is 2.26. The van der Waals surface area contributed by atoms with E-state index < -0.39 is 4.92 Å². The van der Waals surface area contributed by atoms with Crippen LogP contribution >= 0.6 is 15.9 Å². The lowest BCUT2D eigenvalue weighted by Gasteiger charge is -2.05.